The lowest BCUT2D eigenvalue weighted by Gasteiger charge is -2.23. The Morgan fingerprint density at radius 2 is 2.16 bits per heavy atom. The Bertz CT molecular complexity index is 1260. The highest BCUT2D eigenvalue weighted by Crippen LogP contribution is 2.40. The maximum atomic E-state index is 12.1. The Morgan fingerprint density at radius 1 is 1.34 bits per heavy atom. The van der Waals surface area contributed by atoms with Crippen molar-refractivity contribution in [3.8, 4) is 0 Å². The summed E-state index contributed by atoms with van der Waals surface area (Å²) in [5.41, 5.74) is 3.37. The summed E-state index contributed by atoms with van der Waals surface area (Å²) in [7, 11) is 0.664. The first-order valence-electron chi connectivity index (χ1n) is 13.1. The first-order valence-corrected chi connectivity index (χ1v) is 14.4. The third-order valence-electron chi connectivity index (χ3n) is 7.92. The van der Waals surface area contributed by atoms with Crippen molar-refractivity contribution >= 4 is 28.6 Å². The van der Waals surface area contributed by atoms with Crippen molar-refractivity contribution in [1.29, 1.82) is 0 Å². The minimum absolute atomic E-state index is 0.115. The molecule has 1 aliphatic heterocycles. The van der Waals surface area contributed by atoms with Gasteiger partial charge in [-0.15, -0.1) is 0 Å². The number of benzene rings is 1. The SMILES string of the molecule is CCC1(C)C=CC([N+](=O)[O-])=CC1.COC1CS(=O)c2ccc(Nc3cc(C4CCC(CC=O)C4)[nH]n3)cc21. The quantitative estimate of drug-likeness (QED) is 0.240. The van der Waals surface area contributed by atoms with Gasteiger partial charge in [-0.05, 0) is 73.3 Å². The van der Waals surface area contributed by atoms with E-state index >= 15 is 0 Å². The zero-order valence-corrected chi connectivity index (χ0v) is 23.0. The normalized spacial score (nSPS) is 27.7. The number of hydrogen-bond donors (Lipinski definition) is 2. The second kappa shape index (κ2) is 12.2. The molecule has 2 N–H and O–H groups in total. The van der Waals surface area contributed by atoms with Crippen LogP contribution >= 0.6 is 0 Å². The van der Waals surface area contributed by atoms with Gasteiger partial charge in [-0.1, -0.05) is 19.9 Å². The molecule has 5 atom stereocenters. The predicted octanol–water partition coefficient (Wildman–Crippen LogP) is 5.96. The van der Waals surface area contributed by atoms with Crippen molar-refractivity contribution in [1.82, 2.24) is 10.2 Å². The molecule has 1 aromatic heterocycles. The van der Waals surface area contributed by atoms with E-state index in [0.717, 1.165) is 66.0 Å². The van der Waals surface area contributed by atoms with Crippen molar-refractivity contribution < 1.29 is 18.7 Å². The maximum absolute atomic E-state index is 12.1. The van der Waals surface area contributed by atoms with Crippen molar-refractivity contribution in [2.75, 3.05) is 18.2 Å². The van der Waals surface area contributed by atoms with Gasteiger partial charge in [0.05, 0.1) is 27.6 Å². The zero-order valence-electron chi connectivity index (χ0n) is 22.1. The van der Waals surface area contributed by atoms with Gasteiger partial charge in [-0.25, -0.2) is 0 Å². The molecular weight excluding hydrogens is 504 g/mol. The molecule has 0 saturated heterocycles. The highest BCUT2D eigenvalue weighted by Gasteiger charge is 2.29. The molecule has 1 fully saturated rings. The monoisotopic (exact) mass is 540 g/mol. The molecule has 5 rings (SSSR count). The molecule has 0 spiro atoms. The molecule has 10 heteroatoms. The molecule has 1 saturated carbocycles. The lowest BCUT2D eigenvalue weighted by molar-refractivity contribution is -0.419. The Labute approximate surface area is 225 Å². The average molecular weight is 541 g/mol. The van der Waals surface area contributed by atoms with E-state index in [9.17, 15) is 19.1 Å². The lowest BCUT2D eigenvalue weighted by Crippen LogP contribution is -2.14. The van der Waals surface area contributed by atoms with Gasteiger partial charge in [0.15, 0.2) is 5.82 Å². The Morgan fingerprint density at radius 3 is 2.82 bits per heavy atom. The molecule has 2 heterocycles. The van der Waals surface area contributed by atoms with E-state index in [1.807, 2.05) is 30.3 Å². The van der Waals surface area contributed by atoms with Crippen LogP contribution in [0.3, 0.4) is 0 Å². The fraction of sp³-hybridized carbons (Fsp3) is 0.500. The van der Waals surface area contributed by atoms with Crippen LogP contribution in [-0.4, -0.2) is 38.5 Å². The number of anilines is 2. The highest BCUT2D eigenvalue weighted by molar-refractivity contribution is 7.85. The summed E-state index contributed by atoms with van der Waals surface area (Å²) in [4.78, 5) is 21.6. The summed E-state index contributed by atoms with van der Waals surface area (Å²) < 4.78 is 17.5. The number of hydrogen-bond acceptors (Lipinski definition) is 7. The van der Waals surface area contributed by atoms with Gasteiger partial charge in [0.25, 0.3) is 5.70 Å². The smallest absolute Gasteiger partial charge is 0.265 e. The third kappa shape index (κ3) is 6.47. The summed E-state index contributed by atoms with van der Waals surface area (Å²) in [6.45, 7) is 4.20. The summed E-state index contributed by atoms with van der Waals surface area (Å²) in [5.74, 6) is 2.24. The van der Waals surface area contributed by atoms with Crippen LogP contribution < -0.4 is 5.32 Å². The van der Waals surface area contributed by atoms with Gasteiger partial charge in [-0.2, -0.15) is 5.10 Å². The second-order valence-corrected chi connectivity index (χ2v) is 12.0. The standard InChI is InChI=1S/C19H23N3O3S.C9H13NO2/c1-25-17-11-26(24)18-5-4-14(9-15(17)18)20-19-10-16(21-22-19)13-3-2-12(8-13)6-7-23;1-3-9(2)6-4-8(5-7-9)10(11)12/h4-5,7,9-10,12-13,17H,2-3,6,8,11H2,1H3,(H2,20,21,22);4-6H,3,7H2,1-2H3. The molecule has 2 aliphatic carbocycles. The molecule has 9 nitrogen and oxygen atoms in total. The molecule has 0 bridgehead atoms. The maximum Gasteiger partial charge on any atom is 0.265 e. The van der Waals surface area contributed by atoms with Gasteiger partial charge in [0.2, 0.25) is 0 Å². The van der Waals surface area contributed by atoms with E-state index in [1.54, 1.807) is 19.3 Å². The predicted molar refractivity (Wildman–Crippen MR) is 147 cm³/mol. The third-order valence-corrected chi connectivity index (χ3v) is 9.39. The number of allylic oxidation sites excluding steroid dienone is 3. The van der Waals surface area contributed by atoms with E-state index in [4.69, 9.17) is 4.74 Å². The number of methoxy groups -OCH3 is 1. The summed E-state index contributed by atoms with van der Waals surface area (Å²) in [6.07, 6.45) is 11.8. The topological polar surface area (TPSA) is 127 Å². The Balaban J connectivity index is 0.000000236. The minimum Gasteiger partial charge on any atom is -0.376 e. The van der Waals surface area contributed by atoms with Gasteiger partial charge in [-0.3, -0.25) is 19.4 Å². The van der Waals surface area contributed by atoms with Crippen LogP contribution in [0.15, 0.2) is 53.1 Å². The first kappa shape index (κ1) is 27.9. The van der Waals surface area contributed by atoms with Crippen LogP contribution in [0.25, 0.3) is 0 Å². The van der Waals surface area contributed by atoms with Crippen molar-refractivity contribution in [2.45, 2.75) is 69.3 Å². The number of fused-ring (bicyclic) bond motifs is 1. The van der Waals surface area contributed by atoms with Crippen LogP contribution in [0.4, 0.5) is 11.5 Å². The Kier molecular flexibility index (Phi) is 8.94. The largest absolute Gasteiger partial charge is 0.376 e. The van der Waals surface area contributed by atoms with Crippen LogP contribution in [0.5, 0.6) is 0 Å². The van der Waals surface area contributed by atoms with Crippen LogP contribution in [0, 0.1) is 21.4 Å². The number of aldehydes is 1. The molecular formula is C28H36N4O5S. The second-order valence-electron chi connectivity index (χ2n) is 10.5. The molecule has 0 radical (unpaired) electrons. The fourth-order valence-corrected chi connectivity index (χ4v) is 6.66. The van der Waals surface area contributed by atoms with Crippen LogP contribution in [-0.2, 0) is 20.3 Å². The number of rotatable bonds is 8. The summed E-state index contributed by atoms with van der Waals surface area (Å²) >= 11 is 0. The number of carbonyl (C=O) groups is 1. The van der Waals surface area contributed by atoms with E-state index in [1.165, 1.54) is 0 Å². The first-order chi connectivity index (χ1) is 18.2. The van der Waals surface area contributed by atoms with E-state index in [0.29, 0.717) is 24.0 Å². The summed E-state index contributed by atoms with van der Waals surface area (Å²) in [5, 5.41) is 21.2. The van der Waals surface area contributed by atoms with E-state index < -0.39 is 10.8 Å². The number of nitrogens with zero attached hydrogens (tertiary/aromatic N) is 2. The van der Waals surface area contributed by atoms with Gasteiger partial charge in [0, 0.05) is 47.9 Å². The highest BCUT2D eigenvalue weighted by atomic mass is 32.2. The molecule has 1 aromatic carbocycles. The number of aromatic amines is 1. The van der Waals surface area contributed by atoms with Gasteiger partial charge >= 0.3 is 0 Å². The summed E-state index contributed by atoms with van der Waals surface area (Å²) in [6, 6.07) is 7.88. The molecule has 3 aliphatic rings. The minimum atomic E-state index is -0.985. The lowest BCUT2D eigenvalue weighted by atomic mass is 9.81. The average Bonchev–Trinajstić information content (AvgIpc) is 3.64. The van der Waals surface area contributed by atoms with Crippen LogP contribution in [0.1, 0.15) is 75.7 Å². The van der Waals surface area contributed by atoms with Gasteiger partial charge in [0.1, 0.15) is 6.29 Å². The Hall–Kier alpha value is -3.11. The number of nitrogens with one attached hydrogen (secondary N) is 2. The molecule has 2 aromatic rings. The van der Waals surface area contributed by atoms with Crippen molar-refractivity contribution in [3.05, 3.63) is 69.6 Å². The van der Waals surface area contributed by atoms with Gasteiger partial charge < -0.3 is 14.8 Å². The number of carbonyl (C=O) groups excluding carboxylic acids is 1. The van der Waals surface area contributed by atoms with Crippen molar-refractivity contribution in [2.24, 2.45) is 11.3 Å². The van der Waals surface area contributed by atoms with E-state index in [-0.39, 0.29) is 22.1 Å². The zero-order chi connectivity index (χ0) is 27.3. The molecule has 5 unspecified atom stereocenters. The van der Waals surface area contributed by atoms with E-state index in [2.05, 4.69) is 29.4 Å². The molecule has 38 heavy (non-hydrogen) atoms. The molecule has 204 valence electrons. The number of H-pyrrole nitrogens is 1. The molecule has 0 amide bonds. The fourth-order valence-electron chi connectivity index (χ4n) is 5.22. The number of aromatic nitrogens is 2. The number of nitro groups is 1. The van der Waals surface area contributed by atoms with Crippen LogP contribution in [0.2, 0.25) is 0 Å². The van der Waals surface area contributed by atoms with Crippen molar-refractivity contribution in [3.63, 3.8) is 0 Å². The number of ether oxygens (including phenoxy) is 1.